The zero-order valence-corrected chi connectivity index (χ0v) is 9.73. The lowest BCUT2D eigenvalue weighted by Gasteiger charge is -2.19. The van der Waals surface area contributed by atoms with E-state index in [9.17, 15) is 14.7 Å². The van der Waals surface area contributed by atoms with Crippen molar-refractivity contribution < 1.29 is 14.7 Å². The molecule has 3 rings (SSSR count). The minimum Gasteiger partial charge on any atom is -0.508 e. The van der Waals surface area contributed by atoms with Crippen LogP contribution in [0.1, 0.15) is 37.4 Å². The van der Waals surface area contributed by atoms with Crippen LogP contribution in [0.25, 0.3) is 0 Å². The van der Waals surface area contributed by atoms with Gasteiger partial charge < -0.3 is 5.11 Å². The number of ketones is 2. The largest absolute Gasteiger partial charge is 0.508 e. The van der Waals surface area contributed by atoms with Crippen molar-refractivity contribution in [3.8, 4) is 5.75 Å². The van der Waals surface area contributed by atoms with Crippen LogP contribution in [0, 0.1) is 6.92 Å². The highest BCUT2D eigenvalue weighted by Crippen LogP contribution is 2.31. The van der Waals surface area contributed by atoms with Gasteiger partial charge in [-0.1, -0.05) is 24.3 Å². The average Bonchev–Trinajstić information content (AvgIpc) is 2.35. The van der Waals surface area contributed by atoms with Gasteiger partial charge in [-0.05, 0) is 24.6 Å². The van der Waals surface area contributed by atoms with Crippen molar-refractivity contribution in [3.63, 3.8) is 0 Å². The maximum absolute atomic E-state index is 12.4. The lowest BCUT2D eigenvalue weighted by atomic mass is 9.82. The summed E-state index contributed by atoms with van der Waals surface area (Å²) in [7, 11) is 0. The Labute approximate surface area is 104 Å². The van der Waals surface area contributed by atoms with E-state index in [2.05, 4.69) is 0 Å². The number of fused-ring (bicyclic) bond motifs is 2. The van der Waals surface area contributed by atoms with Crippen LogP contribution in [-0.4, -0.2) is 16.7 Å². The molecule has 0 radical (unpaired) electrons. The van der Waals surface area contributed by atoms with Crippen LogP contribution in [0.15, 0.2) is 36.4 Å². The molecule has 1 aliphatic carbocycles. The number of phenols is 1. The molecule has 3 heteroatoms. The van der Waals surface area contributed by atoms with E-state index >= 15 is 0 Å². The number of phenolic OH excluding ortho intramolecular Hbond substituents is 1. The van der Waals surface area contributed by atoms with Gasteiger partial charge >= 0.3 is 0 Å². The van der Waals surface area contributed by atoms with Gasteiger partial charge in [0.05, 0.1) is 0 Å². The van der Waals surface area contributed by atoms with Crippen LogP contribution < -0.4 is 0 Å². The van der Waals surface area contributed by atoms with E-state index in [1.165, 1.54) is 12.1 Å². The molecule has 1 N–H and O–H groups in total. The normalized spacial score (nSPS) is 13.2. The summed E-state index contributed by atoms with van der Waals surface area (Å²) in [5, 5.41) is 9.56. The number of aromatic hydroxyl groups is 1. The molecule has 2 aromatic rings. The predicted molar refractivity (Wildman–Crippen MR) is 66.2 cm³/mol. The number of carbonyl (C=O) groups excluding carboxylic acids is 2. The van der Waals surface area contributed by atoms with E-state index in [0.29, 0.717) is 22.3 Å². The van der Waals surface area contributed by atoms with Gasteiger partial charge in [-0.25, -0.2) is 0 Å². The molecule has 0 aromatic heterocycles. The van der Waals surface area contributed by atoms with Crippen LogP contribution in [0.2, 0.25) is 0 Å². The molecule has 0 saturated heterocycles. The van der Waals surface area contributed by atoms with E-state index in [1.807, 2.05) is 0 Å². The summed E-state index contributed by atoms with van der Waals surface area (Å²) in [4.78, 5) is 24.6. The number of carbonyl (C=O) groups is 2. The second-order valence-corrected chi connectivity index (χ2v) is 4.39. The molecule has 0 fully saturated rings. The van der Waals surface area contributed by atoms with Gasteiger partial charge in [0, 0.05) is 22.3 Å². The SMILES string of the molecule is Cc1cc(O)cc2c1C(=O)c1ccccc1C2=O. The highest BCUT2D eigenvalue weighted by molar-refractivity contribution is 6.28. The fourth-order valence-electron chi connectivity index (χ4n) is 2.41. The topological polar surface area (TPSA) is 54.4 Å². The van der Waals surface area contributed by atoms with Crippen molar-refractivity contribution in [2.45, 2.75) is 6.92 Å². The summed E-state index contributed by atoms with van der Waals surface area (Å²) in [5.74, 6) is -0.358. The third-order valence-electron chi connectivity index (χ3n) is 3.21. The van der Waals surface area contributed by atoms with Crippen LogP contribution >= 0.6 is 0 Å². The van der Waals surface area contributed by atoms with Crippen molar-refractivity contribution in [2.24, 2.45) is 0 Å². The van der Waals surface area contributed by atoms with Crippen molar-refractivity contribution in [3.05, 3.63) is 64.2 Å². The van der Waals surface area contributed by atoms with Gasteiger partial charge in [0.25, 0.3) is 0 Å². The molecule has 0 atom stereocenters. The molecule has 0 unspecified atom stereocenters. The number of rotatable bonds is 0. The van der Waals surface area contributed by atoms with E-state index in [1.54, 1.807) is 31.2 Å². The molecule has 0 spiro atoms. The number of benzene rings is 2. The second-order valence-electron chi connectivity index (χ2n) is 4.39. The lowest BCUT2D eigenvalue weighted by molar-refractivity contribution is 0.0978. The summed E-state index contributed by atoms with van der Waals surface area (Å²) in [6.45, 7) is 1.72. The Hall–Kier alpha value is -2.42. The van der Waals surface area contributed by atoms with Crippen LogP contribution in [0.5, 0.6) is 5.75 Å². The first-order chi connectivity index (χ1) is 8.59. The van der Waals surface area contributed by atoms with Gasteiger partial charge in [0.2, 0.25) is 0 Å². The summed E-state index contributed by atoms with van der Waals surface area (Å²) in [6.07, 6.45) is 0. The molecule has 0 saturated carbocycles. The quantitative estimate of drug-likeness (QED) is 0.654. The molecule has 88 valence electrons. The van der Waals surface area contributed by atoms with Gasteiger partial charge in [-0.15, -0.1) is 0 Å². The monoisotopic (exact) mass is 238 g/mol. The fourth-order valence-corrected chi connectivity index (χ4v) is 2.41. The summed E-state index contributed by atoms with van der Waals surface area (Å²) in [5.41, 5.74) is 2.15. The van der Waals surface area contributed by atoms with Crippen LogP contribution in [0.4, 0.5) is 0 Å². The van der Waals surface area contributed by atoms with Crippen molar-refractivity contribution >= 4 is 11.6 Å². The van der Waals surface area contributed by atoms with Gasteiger partial charge in [0.15, 0.2) is 11.6 Å². The molecule has 0 bridgehead atoms. The molecule has 3 nitrogen and oxygen atoms in total. The minimum atomic E-state index is -0.209. The molecule has 0 heterocycles. The average molecular weight is 238 g/mol. The highest BCUT2D eigenvalue weighted by atomic mass is 16.3. The lowest BCUT2D eigenvalue weighted by Crippen LogP contribution is -2.21. The summed E-state index contributed by atoms with van der Waals surface area (Å²) >= 11 is 0. The predicted octanol–water partition coefficient (Wildman–Crippen LogP) is 2.48. The number of hydrogen-bond donors (Lipinski definition) is 1. The Morgan fingerprint density at radius 2 is 1.50 bits per heavy atom. The Morgan fingerprint density at radius 3 is 2.17 bits per heavy atom. The zero-order chi connectivity index (χ0) is 12.9. The summed E-state index contributed by atoms with van der Waals surface area (Å²) < 4.78 is 0. The molecule has 0 amide bonds. The summed E-state index contributed by atoms with van der Waals surface area (Å²) in [6, 6.07) is 9.62. The molecular weight excluding hydrogens is 228 g/mol. The first-order valence-electron chi connectivity index (χ1n) is 5.61. The third kappa shape index (κ3) is 1.31. The van der Waals surface area contributed by atoms with E-state index in [-0.39, 0.29) is 22.9 Å². The number of hydrogen-bond acceptors (Lipinski definition) is 3. The van der Waals surface area contributed by atoms with Gasteiger partial charge in [-0.3, -0.25) is 9.59 Å². The maximum Gasteiger partial charge on any atom is 0.194 e. The fraction of sp³-hybridized carbons (Fsp3) is 0.0667. The third-order valence-corrected chi connectivity index (χ3v) is 3.21. The van der Waals surface area contributed by atoms with E-state index in [0.717, 1.165) is 0 Å². The first kappa shape index (κ1) is 10.7. The standard InChI is InChI=1S/C15H10O3/c1-8-6-9(16)7-12-13(8)15(18)11-5-3-2-4-10(11)14(12)17/h2-7,16H,1H3. The molecule has 18 heavy (non-hydrogen) atoms. The Morgan fingerprint density at radius 1 is 0.889 bits per heavy atom. The van der Waals surface area contributed by atoms with Crippen molar-refractivity contribution in [2.75, 3.05) is 0 Å². The first-order valence-corrected chi connectivity index (χ1v) is 5.61. The maximum atomic E-state index is 12.4. The van der Waals surface area contributed by atoms with Crippen LogP contribution in [0.3, 0.4) is 0 Å². The van der Waals surface area contributed by atoms with E-state index in [4.69, 9.17) is 0 Å². The van der Waals surface area contributed by atoms with Crippen molar-refractivity contribution in [1.29, 1.82) is 0 Å². The Bertz CT molecular complexity index is 699. The molecule has 0 aliphatic heterocycles. The Kier molecular flexibility index (Phi) is 2.10. The van der Waals surface area contributed by atoms with Crippen LogP contribution in [-0.2, 0) is 0 Å². The van der Waals surface area contributed by atoms with E-state index < -0.39 is 0 Å². The molecule has 1 aliphatic rings. The Balaban J connectivity index is 2.37. The molecular formula is C15H10O3. The second kappa shape index (κ2) is 3.53. The molecule has 2 aromatic carbocycles. The minimum absolute atomic E-state index is 0.00628. The smallest absolute Gasteiger partial charge is 0.194 e. The van der Waals surface area contributed by atoms with Crippen molar-refractivity contribution in [1.82, 2.24) is 0 Å². The number of aryl methyl sites for hydroxylation is 1. The highest BCUT2D eigenvalue weighted by Gasteiger charge is 2.30. The van der Waals surface area contributed by atoms with Gasteiger partial charge in [0.1, 0.15) is 5.75 Å². The van der Waals surface area contributed by atoms with Gasteiger partial charge in [-0.2, -0.15) is 0 Å². The zero-order valence-electron chi connectivity index (χ0n) is 9.73.